The van der Waals surface area contributed by atoms with Crippen molar-refractivity contribution in [2.75, 3.05) is 12.0 Å². The van der Waals surface area contributed by atoms with Crippen LogP contribution < -0.4 is 9.64 Å². The minimum atomic E-state index is -0.694. The van der Waals surface area contributed by atoms with Crippen molar-refractivity contribution in [1.82, 2.24) is 0 Å². The standard InChI is InChI=1S/C27H28FNO4/c1-33-22-14-15-23(25(31)17-22)27-19(16-26(32)29(27)21-7-3-2-4-8-21)6-5-9-24(30)18-10-12-20(28)13-11-18/h2-4,7-8,10-15,17,19,24,27,30-31H,5-6,9,16H2,1H3/t19-,24-,27+/m1/s1. The number of phenols is 1. The monoisotopic (exact) mass is 449 g/mol. The molecule has 0 aliphatic carbocycles. The van der Waals surface area contributed by atoms with Gasteiger partial charge in [0.2, 0.25) is 5.91 Å². The third kappa shape index (κ3) is 5.01. The Morgan fingerprint density at radius 2 is 1.82 bits per heavy atom. The van der Waals surface area contributed by atoms with Crippen LogP contribution in [-0.4, -0.2) is 23.2 Å². The molecule has 1 heterocycles. The molecule has 1 saturated heterocycles. The molecule has 3 aromatic carbocycles. The fourth-order valence-electron chi connectivity index (χ4n) is 4.67. The average Bonchev–Trinajstić information content (AvgIpc) is 3.15. The fraction of sp³-hybridized carbons (Fsp3) is 0.296. The molecule has 5 nitrogen and oxygen atoms in total. The third-order valence-corrected chi connectivity index (χ3v) is 6.33. The molecule has 0 spiro atoms. The lowest BCUT2D eigenvalue weighted by Gasteiger charge is -2.29. The van der Waals surface area contributed by atoms with Crippen LogP contribution in [0, 0.1) is 11.7 Å². The first-order valence-corrected chi connectivity index (χ1v) is 11.2. The van der Waals surface area contributed by atoms with E-state index in [0.29, 0.717) is 42.6 Å². The Bertz CT molecular complexity index is 1090. The van der Waals surface area contributed by atoms with Gasteiger partial charge in [0.25, 0.3) is 0 Å². The Morgan fingerprint density at radius 1 is 1.09 bits per heavy atom. The molecule has 2 N–H and O–H groups in total. The molecule has 0 bridgehead atoms. The number of ether oxygens (including phenoxy) is 1. The topological polar surface area (TPSA) is 70.0 Å². The van der Waals surface area contributed by atoms with Gasteiger partial charge in [0.15, 0.2) is 0 Å². The number of halogens is 1. The number of benzene rings is 3. The van der Waals surface area contributed by atoms with Crippen LogP contribution >= 0.6 is 0 Å². The van der Waals surface area contributed by atoms with Crippen molar-refractivity contribution in [3.05, 3.63) is 89.7 Å². The van der Waals surface area contributed by atoms with Crippen molar-refractivity contribution in [1.29, 1.82) is 0 Å². The molecular weight excluding hydrogens is 421 g/mol. The molecule has 1 aliphatic heterocycles. The molecular formula is C27H28FNO4. The number of aliphatic hydroxyl groups excluding tert-OH is 1. The number of aromatic hydroxyl groups is 1. The highest BCUT2D eigenvalue weighted by atomic mass is 19.1. The van der Waals surface area contributed by atoms with E-state index >= 15 is 0 Å². The Labute approximate surface area is 193 Å². The highest BCUT2D eigenvalue weighted by Crippen LogP contribution is 2.46. The molecule has 1 aliphatic rings. The van der Waals surface area contributed by atoms with Gasteiger partial charge in [-0.15, -0.1) is 0 Å². The van der Waals surface area contributed by atoms with Crippen molar-refractivity contribution in [2.45, 2.75) is 37.8 Å². The van der Waals surface area contributed by atoms with Gasteiger partial charge in [0, 0.05) is 23.7 Å². The molecule has 0 radical (unpaired) electrons. The number of nitrogens with zero attached hydrogens (tertiary/aromatic N) is 1. The molecule has 4 rings (SSSR count). The van der Waals surface area contributed by atoms with Gasteiger partial charge in [-0.1, -0.05) is 36.8 Å². The zero-order valence-corrected chi connectivity index (χ0v) is 18.5. The van der Waals surface area contributed by atoms with Gasteiger partial charge < -0.3 is 19.8 Å². The molecule has 0 unspecified atom stereocenters. The summed E-state index contributed by atoms with van der Waals surface area (Å²) in [6.07, 6.45) is 1.55. The number of aliphatic hydroxyl groups is 1. The number of anilines is 1. The first kappa shape index (κ1) is 22.8. The second-order valence-electron chi connectivity index (χ2n) is 8.43. The maximum Gasteiger partial charge on any atom is 0.227 e. The van der Waals surface area contributed by atoms with Crippen molar-refractivity contribution in [3.8, 4) is 11.5 Å². The largest absolute Gasteiger partial charge is 0.507 e. The van der Waals surface area contributed by atoms with Gasteiger partial charge in [-0.25, -0.2) is 4.39 Å². The summed E-state index contributed by atoms with van der Waals surface area (Å²) in [5.41, 5.74) is 2.14. The summed E-state index contributed by atoms with van der Waals surface area (Å²) < 4.78 is 18.4. The lowest BCUT2D eigenvalue weighted by atomic mass is 9.88. The van der Waals surface area contributed by atoms with Crippen LogP contribution in [0.15, 0.2) is 72.8 Å². The minimum Gasteiger partial charge on any atom is -0.507 e. The second-order valence-corrected chi connectivity index (χ2v) is 8.43. The molecule has 3 aromatic rings. The molecule has 6 heteroatoms. The number of hydrogen-bond acceptors (Lipinski definition) is 4. The van der Waals surface area contributed by atoms with E-state index in [2.05, 4.69) is 0 Å². The van der Waals surface area contributed by atoms with Crippen LogP contribution in [0.3, 0.4) is 0 Å². The first-order chi connectivity index (χ1) is 16.0. The Balaban J connectivity index is 1.55. The smallest absolute Gasteiger partial charge is 0.227 e. The zero-order chi connectivity index (χ0) is 23.4. The lowest BCUT2D eigenvalue weighted by molar-refractivity contribution is -0.117. The molecule has 0 saturated carbocycles. The summed E-state index contributed by atoms with van der Waals surface area (Å²) in [7, 11) is 1.54. The first-order valence-electron chi connectivity index (χ1n) is 11.2. The van der Waals surface area contributed by atoms with Gasteiger partial charge in [0.1, 0.15) is 17.3 Å². The maximum absolute atomic E-state index is 13.2. The maximum atomic E-state index is 13.2. The van der Waals surface area contributed by atoms with Gasteiger partial charge >= 0.3 is 0 Å². The number of carbonyl (C=O) groups excluding carboxylic acids is 1. The summed E-state index contributed by atoms with van der Waals surface area (Å²) in [5, 5.41) is 21.2. The molecule has 1 fully saturated rings. The minimum absolute atomic E-state index is 0.00509. The van der Waals surface area contributed by atoms with Crippen LogP contribution in [-0.2, 0) is 4.79 Å². The van der Waals surface area contributed by atoms with Crippen LogP contribution in [0.5, 0.6) is 11.5 Å². The van der Waals surface area contributed by atoms with Gasteiger partial charge in [-0.05, 0) is 60.7 Å². The van der Waals surface area contributed by atoms with E-state index in [1.165, 1.54) is 12.1 Å². The molecule has 1 amide bonds. The summed E-state index contributed by atoms with van der Waals surface area (Å²) >= 11 is 0. The van der Waals surface area contributed by atoms with Crippen molar-refractivity contribution < 1.29 is 24.1 Å². The predicted molar refractivity (Wildman–Crippen MR) is 125 cm³/mol. The summed E-state index contributed by atoms with van der Waals surface area (Å²) in [6, 6.07) is 20.2. The molecule has 33 heavy (non-hydrogen) atoms. The summed E-state index contributed by atoms with van der Waals surface area (Å²) in [5.74, 6) is 0.276. The normalized spacial score (nSPS) is 19.0. The number of methoxy groups -OCH3 is 1. The van der Waals surface area contributed by atoms with E-state index < -0.39 is 6.10 Å². The number of para-hydroxylation sites is 1. The van der Waals surface area contributed by atoms with E-state index in [1.54, 1.807) is 36.3 Å². The van der Waals surface area contributed by atoms with E-state index in [0.717, 1.165) is 5.69 Å². The van der Waals surface area contributed by atoms with Crippen LogP contribution in [0.4, 0.5) is 10.1 Å². The van der Waals surface area contributed by atoms with Crippen LogP contribution in [0.25, 0.3) is 0 Å². The van der Waals surface area contributed by atoms with Crippen LogP contribution in [0.2, 0.25) is 0 Å². The Hall–Kier alpha value is -3.38. The average molecular weight is 450 g/mol. The molecule has 172 valence electrons. The van der Waals surface area contributed by atoms with E-state index in [1.807, 2.05) is 36.4 Å². The number of rotatable bonds is 8. The quantitative estimate of drug-likeness (QED) is 0.474. The number of hydrogen-bond donors (Lipinski definition) is 2. The van der Waals surface area contributed by atoms with Gasteiger partial charge in [-0.2, -0.15) is 0 Å². The van der Waals surface area contributed by atoms with E-state index in [4.69, 9.17) is 4.74 Å². The number of carbonyl (C=O) groups is 1. The summed E-state index contributed by atoms with van der Waals surface area (Å²) in [6.45, 7) is 0. The highest BCUT2D eigenvalue weighted by molar-refractivity contribution is 5.97. The second kappa shape index (κ2) is 10.0. The van der Waals surface area contributed by atoms with Crippen molar-refractivity contribution in [2.24, 2.45) is 5.92 Å². The van der Waals surface area contributed by atoms with E-state index in [9.17, 15) is 19.4 Å². The SMILES string of the molecule is COc1ccc([C@@H]2[C@H](CCC[C@@H](O)c3ccc(F)cc3)CC(=O)N2c2ccccc2)c(O)c1. The van der Waals surface area contributed by atoms with Gasteiger partial charge in [0.05, 0.1) is 19.3 Å². The summed E-state index contributed by atoms with van der Waals surface area (Å²) in [4.78, 5) is 14.9. The lowest BCUT2D eigenvalue weighted by Crippen LogP contribution is -2.28. The highest BCUT2D eigenvalue weighted by Gasteiger charge is 2.42. The van der Waals surface area contributed by atoms with Crippen molar-refractivity contribution >= 4 is 11.6 Å². The van der Waals surface area contributed by atoms with E-state index in [-0.39, 0.29) is 29.4 Å². The molecule has 0 aromatic heterocycles. The number of phenolic OH excluding ortho intramolecular Hbond substituents is 1. The zero-order valence-electron chi connectivity index (χ0n) is 18.5. The van der Waals surface area contributed by atoms with Crippen molar-refractivity contribution in [3.63, 3.8) is 0 Å². The number of amides is 1. The fourth-order valence-corrected chi connectivity index (χ4v) is 4.67. The Kier molecular flexibility index (Phi) is 6.94. The van der Waals surface area contributed by atoms with Gasteiger partial charge in [-0.3, -0.25) is 4.79 Å². The Morgan fingerprint density at radius 3 is 2.48 bits per heavy atom. The predicted octanol–water partition coefficient (Wildman–Crippen LogP) is 5.54. The third-order valence-electron chi connectivity index (χ3n) is 6.33. The van der Waals surface area contributed by atoms with Crippen LogP contribution in [0.1, 0.15) is 49.0 Å². The molecule has 3 atom stereocenters.